The van der Waals surface area contributed by atoms with Crippen molar-refractivity contribution in [2.75, 3.05) is 18.5 Å². The highest BCUT2D eigenvalue weighted by Gasteiger charge is 2.23. The number of thiophene rings is 1. The molecular formula is C21H22ClN3OS2. The van der Waals surface area contributed by atoms with E-state index < -0.39 is 0 Å². The summed E-state index contributed by atoms with van der Waals surface area (Å²) in [6.45, 7) is 1.70. The molecule has 1 N–H and O–H groups in total. The molecule has 3 heterocycles. The highest BCUT2D eigenvalue weighted by molar-refractivity contribution is 7.98. The van der Waals surface area contributed by atoms with Crippen LogP contribution in [-0.4, -0.2) is 29.2 Å². The lowest BCUT2D eigenvalue weighted by atomic mass is 10.2. The van der Waals surface area contributed by atoms with Crippen LogP contribution in [0.1, 0.15) is 35.5 Å². The molecule has 0 saturated carbocycles. The van der Waals surface area contributed by atoms with E-state index in [4.69, 9.17) is 26.3 Å². The molecule has 0 spiro atoms. The second-order valence-electron chi connectivity index (χ2n) is 7.28. The van der Waals surface area contributed by atoms with Crippen LogP contribution in [0.2, 0.25) is 5.02 Å². The highest BCUT2D eigenvalue weighted by atomic mass is 35.5. The van der Waals surface area contributed by atoms with Gasteiger partial charge < -0.3 is 10.1 Å². The van der Waals surface area contributed by atoms with E-state index in [1.807, 2.05) is 35.6 Å². The van der Waals surface area contributed by atoms with Gasteiger partial charge in [0.15, 0.2) is 0 Å². The molecule has 7 heteroatoms. The molecule has 3 aromatic rings. The Morgan fingerprint density at radius 1 is 1.18 bits per heavy atom. The molecule has 5 rings (SSSR count). The summed E-state index contributed by atoms with van der Waals surface area (Å²) < 4.78 is 5.79. The SMILES string of the molecule is Clc1ccc(SCc2nc(NCC3CCCO3)c3c4c(sc3n2)CCC4)cc1. The van der Waals surface area contributed by atoms with Crippen LogP contribution in [0.4, 0.5) is 5.82 Å². The highest BCUT2D eigenvalue weighted by Crippen LogP contribution is 2.40. The first kappa shape index (κ1) is 18.7. The average Bonchev–Trinajstić information content (AvgIpc) is 3.43. The molecule has 146 valence electrons. The van der Waals surface area contributed by atoms with Gasteiger partial charge in [0.1, 0.15) is 16.5 Å². The van der Waals surface area contributed by atoms with E-state index in [-0.39, 0.29) is 0 Å². The number of hydrogen-bond acceptors (Lipinski definition) is 6. The number of fused-ring (bicyclic) bond motifs is 3. The molecule has 4 nitrogen and oxygen atoms in total. The Bertz CT molecular complexity index is 983. The van der Waals surface area contributed by atoms with E-state index >= 15 is 0 Å². The van der Waals surface area contributed by atoms with Gasteiger partial charge in [0.2, 0.25) is 0 Å². The molecule has 0 amide bonds. The summed E-state index contributed by atoms with van der Waals surface area (Å²) in [6.07, 6.45) is 6.15. The topological polar surface area (TPSA) is 47.0 Å². The Kier molecular flexibility index (Phi) is 5.46. The number of nitrogens with one attached hydrogen (secondary N) is 1. The largest absolute Gasteiger partial charge is 0.376 e. The van der Waals surface area contributed by atoms with Gasteiger partial charge in [-0.15, -0.1) is 23.1 Å². The van der Waals surface area contributed by atoms with Crippen LogP contribution in [0.5, 0.6) is 0 Å². The summed E-state index contributed by atoms with van der Waals surface area (Å²) in [5.41, 5.74) is 1.46. The van der Waals surface area contributed by atoms with Crippen LogP contribution >= 0.6 is 34.7 Å². The second kappa shape index (κ2) is 8.19. The van der Waals surface area contributed by atoms with Crippen LogP contribution in [0.15, 0.2) is 29.2 Å². The third-order valence-electron chi connectivity index (χ3n) is 5.31. The molecular weight excluding hydrogens is 410 g/mol. The number of benzene rings is 1. The fourth-order valence-electron chi connectivity index (χ4n) is 3.93. The molecule has 1 aliphatic heterocycles. The predicted molar refractivity (Wildman–Crippen MR) is 118 cm³/mol. The number of aryl methyl sites for hydroxylation is 2. The molecule has 1 aliphatic carbocycles. The lowest BCUT2D eigenvalue weighted by Crippen LogP contribution is -2.19. The first-order valence-corrected chi connectivity index (χ1v) is 12.0. The third kappa shape index (κ3) is 3.88. The lowest BCUT2D eigenvalue weighted by Gasteiger charge is -2.13. The predicted octanol–water partition coefficient (Wildman–Crippen LogP) is 5.72. The van der Waals surface area contributed by atoms with Crippen molar-refractivity contribution in [2.24, 2.45) is 0 Å². The van der Waals surface area contributed by atoms with Gasteiger partial charge in [-0.2, -0.15) is 0 Å². The second-order valence-corrected chi connectivity index (χ2v) is 9.85. The van der Waals surface area contributed by atoms with E-state index in [9.17, 15) is 0 Å². The van der Waals surface area contributed by atoms with Crippen LogP contribution in [0, 0.1) is 0 Å². The van der Waals surface area contributed by atoms with Crippen molar-refractivity contribution in [1.29, 1.82) is 0 Å². The van der Waals surface area contributed by atoms with Gasteiger partial charge in [-0.25, -0.2) is 9.97 Å². The van der Waals surface area contributed by atoms with Crippen LogP contribution < -0.4 is 5.32 Å². The van der Waals surface area contributed by atoms with E-state index in [0.29, 0.717) is 6.10 Å². The number of aromatic nitrogens is 2. The number of ether oxygens (including phenoxy) is 1. The fourth-order valence-corrected chi connectivity index (χ4v) is 6.09. The maximum Gasteiger partial charge on any atom is 0.142 e. The van der Waals surface area contributed by atoms with Crippen molar-refractivity contribution >= 4 is 50.7 Å². The molecule has 0 bridgehead atoms. The van der Waals surface area contributed by atoms with Gasteiger partial charge in [-0.1, -0.05) is 11.6 Å². The average molecular weight is 432 g/mol. The summed E-state index contributed by atoms with van der Waals surface area (Å²) >= 11 is 9.58. The van der Waals surface area contributed by atoms with Crippen molar-refractivity contribution in [1.82, 2.24) is 9.97 Å². The van der Waals surface area contributed by atoms with E-state index in [1.165, 1.54) is 33.6 Å². The Balaban J connectivity index is 1.41. The minimum absolute atomic E-state index is 0.295. The van der Waals surface area contributed by atoms with Crippen LogP contribution in [-0.2, 0) is 23.3 Å². The Hall–Kier alpha value is -1.34. The summed E-state index contributed by atoms with van der Waals surface area (Å²) in [6, 6.07) is 7.93. The number of nitrogens with zero attached hydrogens (tertiary/aromatic N) is 2. The summed E-state index contributed by atoms with van der Waals surface area (Å²) in [4.78, 5) is 13.6. The van der Waals surface area contributed by atoms with Crippen LogP contribution in [0.3, 0.4) is 0 Å². The van der Waals surface area contributed by atoms with Gasteiger partial charge >= 0.3 is 0 Å². The minimum Gasteiger partial charge on any atom is -0.376 e. The van der Waals surface area contributed by atoms with Crippen molar-refractivity contribution in [2.45, 2.75) is 48.9 Å². The molecule has 0 radical (unpaired) electrons. The Morgan fingerprint density at radius 3 is 2.89 bits per heavy atom. The van der Waals surface area contributed by atoms with E-state index in [0.717, 1.165) is 59.7 Å². The summed E-state index contributed by atoms with van der Waals surface area (Å²) in [5, 5.41) is 5.60. The molecule has 1 atom stereocenters. The third-order valence-corrected chi connectivity index (χ3v) is 7.76. The smallest absolute Gasteiger partial charge is 0.142 e. The van der Waals surface area contributed by atoms with Gasteiger partial charge in [0.25, 0.3) is 0 Å². The standard InChI is InChI=1S/C21H22ClN3OS2/c22-13-6-8-15(9-7-13)27-12-18-24-20(23-11-14-3-2-10-26-14)19-16-4-1-5-17(16)28-21(19)25-18/h6-9,14H,1-5,10-12H2,(H,23,24,25). The van der Waals surface area contributed by atoms with Gasteiger partial charge in [-0.05, 0) is 61.9 Å². The van der Waals surface area contributed by atoms with E-state index in [1.54, 1.807) is 11.8 Å². The molecule has 1 aromatic carbocycles. The zero-order valence-electron chi connectivity index (χ0n) is 15.5. The molecule has 2 aromatic heterocycles. The molecule has 28 heavy (non-hydrogen) atoms. The Morgan fingerprint density at radius 2 is 2.07 bits per heavy atom. The van der Waals surface area contributed by atoms with Crippen molar-refractivity contribution < 1.29 is 4.74 Å². The zero-order valence-corrected chi connectivity index (χ0v) is 17.9. The molecule has 1 unspecified atom stereocenters. The summed E-state index contributed by atoms with van der Waals surface area (Å²) in [5.74, 6) is 2.61. The molecule has 2 aliphatic rings. The van der Waals surface area contributed by atoms with E-state index in [2.05, 4.69) is 5.32 Å². The normalized spacial score (nSPS) is 18.7. The zero-order chi connectivity index (χ0) is 18.9. The van der Waals surface area contributed by atoms with Gasteiger partial charge in [0, 0.05) is 27.9 Å². The number of halogens is 1. The molecule has 1 fully saturated rings. The number of thioether (sulfide) groups is 1. The number of rotatable bonds is 6. The fraction of sp³-hybridized carbons (Fsp3) is 0.429. The van der Waals surface area contributed by atoms with Gasteiger partial charge in [0.05, 0.1) is 17.2 Å². The number of hydrogen-bond donors (Lipinski definition) is 1. The maximum absolute atomic E-state index is 5.99. The first-order chi connectivity index (χ1) is 13.8. The van der Waals surface area contributed by atoms with Crippen LogP contribution in [0.25, 0.3) is 10.2 Å². The number of anilines is 1. The van der Waals surface area contributed by atoms with Crippen molar-refractivity contribution in [3.8, 4) is 0 Å². The molecule has 1 saturated heterocycles. The Labute approximate surface area is 178 Å². The van der Waals surface area contributed by atoms with Crippen molar-refractivity contribution in [3.63, 3.8) is 0 Å². The van der Waals surface area contributed by atoms with Crippen molar-refractivity contribution in [3.05, 3.63) is 45.6 Å². The maximum atomic E-state index is 5.99. The quantitative estimate of drug-likeness (QED) is 0.506. The first-order valence-electron chi connectivity index (χ1n) is 9.81. The minimum atomic E-state index is 0.295. The summed E-state index contributed by atoms with van der Waals surface area (Å²) in [7, 11) is 0. The van der Waals surface area contributed by atoms with Gasteiger partial charge in [-0.3, -0.25) is 0 Å². The lowest BCUT2D eigenvalue weighted by molar-refractivity contribution is 0.120. The monoisotopic (exact) mass is 431 g/mol.